The Bertz CT molecular complexity index is 145. The van der Waals surface area contributed by atoms with Gasteiger partial charge in [-0.2, -0.15) is 0 Å². The minimum Gasteiger partial charge on any atom is -0.427 e. The van der Waals surface area contributed by atoms with Crippen molar-refractivity contribution in [1.29, 1.82) is 0 Å². The van der Waals surface area contributed by atoms with Crippen molar-refractivity contribution >= 4 is 7.12 Å². The molecule has 0 aromatic rings. The molecule has 0 aromatic heterocycles. The molecule has 5 N–H and O–H groups in total. The third-order valence-electron chi connectivity index (χ3n) is 2.49. The van der Waals surface area contributed by atoms with Crippen molar-refractivity contribution in [3.8, 4) is 0 Å². The van der Waals surface area contributed by atoms with Gasteiger partial charge in [-0.3, -0.25) is 0 Å². The van der Waals surface area contributed by atoms with Crippen molar-refractivity contribution in [2.24, 2.45) is 11.7 Å². The maximum absolute atomic E-state index is 9.43. The molecule has 0 saturated heterocycles. The number of nitrogens with two attached hydrogens (primary N) is 1. The number of rotatable bonds is 3. The van der Waals surface area contributed by atoms with E-state index in [1.54, 1.807) is 0 Å². The van der Waals surface area contributed by atoms with Crippen LogP contribution in [0.2, 0.25) is 6.32 Å². The quantitative estimate of drug-likeness (QED) is 0.410. The van der Waals surface area contributed by atoms with Crippen molar-refractivity contribution in [3.63, 3.8) is 0 Å². The minimum absolute atomic E-state index is 0.0841. The highest BCUT2D eigenvalue weighted by atomic mass is 16.4. The Morgan fingerprint density at radius 3 is 2.42 bits per heavy atom. The summed E-state index contributed by atoms with van der Waals surface area (Å²) >= 11 is 0. The molecule has 0 radical (unpaired) electrons. The standard InChI is InChI=1S/C7H16BNO3/c9-6-3-5(7(10)4-6)1-2-8(11)12/h5-7,10-12H,1-4,9H2/t5-,6-,7-/m0/s1. The van der Waals surface area contributed by atoms with Gasteiger partial charge in [0.1, 0.15) is 0 Å². The van der Waals surface area contributed by atoms with E-state index in [0.717, 1.165) is 6.42 Å². The lowest BCUT2D eigenvalue weighted by Crippen LogP contribution is -2.17. The summed E-state index contributed by atoms with van der Waals surface area (Å²) in [6.45, 7) is 0. The van der Waals surface area contributed by atoms with Crippen molar-refractivity contribution in [3.05, 3.63) is 0 Å². The number of aliphatic hydroxyl groups excluding tert-OH is 1. The predicted octanol–water partition coefficient (Wildman–Crippen LogP) is -1.05. The van der Waals surface area contributed by atoms with E-state index < -0.39 is 7.12 Å². The maximum atomic E-state index is 9.43. The van der Waals surface area contributed by atoms with Crippen molar-refractivity contribution < 1.29 is 15.2 Å². The highest BCUT2D eigenvalue weighted by molar-refractivity contribution is 6.40. The highest BCUT2D eigenvalue weighted by Gasteiger charge is 2.31. The van der Waals surface area contributed by atoms with Gasteiger partial charge in [-0.15, -0.1) is 0 Å². The Kier molecular flexibility index (Phi) is 3.52. The average Bonchev–Trinajstić information content (AvgIpc) is 2.26. The predicted molar refractivity (Wildman–Crippen MR) is 46.3 cm³/mol. The molecule has 70 valence electrons. The topological polar surface area (TPSA) is 86.7 Å². The second kappa shape index (κ2) is 4.23. The average molecular weight is 173 g/mol. The second-order valence-corrected chi connectivity index (χ2v) is 3.62. The van der Waals surface area contributed by atoms with E-state index in [-0.39, 0.29) is 18.1 Å². The van der Waals surface area contributed by atoms with Gasteiger partial charge in [0.25, 0.3) is 0 Å². The molecule has 0 spiro atoms. The zero-order valence-electron chi connectivity index (χ0n) is 7.06. The molecular weight excluding hydrogens is 157 g/mol. The van der Waals surface area contributed by atoms with Crippen LogP contribution >= 0.6 is 0 Å². The third-order valence-corrected chi connectivity index (χ3v) is 2.49. The summed E-state index contributed by atoms with van der Waals surface area (Å²) in [5, 5.41) is 26.6. The van der Waals surface area contributed by atoms with Gasteiger partial charge in [-0.1, -0.05) is 0 Å². The van der Waals surface area contributed by atoms with Crippen LogP contribution in [0.4, 0.5) is 0 Å². The monoisotopic (exact) mass is 173 g/mol. The van der Waals surface area contributed by atoms with Crippen molar-refractivity contribution in [1.82, 2.24) is 0 Å². The molecule has 5 heteroatoms. The lowest BCUT2D eigenvalue weighted by atomic mass is 9.80. The molecule has 0 heterocycles. The minimum atomic E-state index is -1.26. The summed E-state index contributed by atoms with van der Waals surface area (Å²) < 4.78 is 0. The summed E-state index contributed by atoms with van der Waals surface area (Å²) in [7, 11) is -1.26. The van der Waals surface area contributed by atoms with Gasteiger partial charge in [0.15, 0.2) is 0 Å². The Morgan fingerprint density at radius 2 is 2.00 bits per heavy atom. The van der Waals surface area contributed by atoms with E-state index >= 15 is 0 Å². The number of hydrogen-bond donors (Lipinski definition) is 4. The first kappa shape index (κ1) is 9.99. The van der Waals surface area contributed by atoms with Crippen LogP contribution in [-0.4, -0.2) is 34.4 Å². The summed E-state index contributed by atoms with van der Waals surface area (Å²) in [6, 6.07) is 0.0841. The zero-order chi connectivity index (χ0) is 9.14. The second-order valence-electron chi connectivity index (χ2n) is 3.62. The van der Waals surface area contributed by atoms with Gasteiger partial charge in [-0.25, -0.2) is 0 Å². The van der Waals surface area contributed by atoms with E-state index in [1.807, 2.05) is 0 Å². The van der Waals surface area contributed by atoms with Crippen molar-refractivity contribution in [2.75, 3.05) is 0 Å². The number of aliphatic hydroxyl groups is 1. The van der Waals surface area contributed by atoms with E-state index in [4.69, 9.17) is 15.8 Å². The third kappa shape index (κ3) is 2.75. The summed E-state index contributed by atoms with van der Waals surface area (Å²) in [4.78, 5) is 0. The van der Waals surface area contributed by atoms with Gasteiger partial charge in [-0.05, 0) is 31.5 Å². The molecule has 1 rings (SSSR count). The molecule has 0 bridgehead atoms. The van der Waals surface area contributed by atoms with Crippen LogP contribution in [0.25, 0.3) is 0 Å². The Hall–Kier alpha value is -0.0951. The Balaban J connectivity index is 2.23. The van der Waals surface area contributed by atoms with Crippen LogP contribution in [0.3, 0.4) is 0 Å². The summed E-state index contributed by atoms with van der Waals surface area (Å²) in [5.74, 6) is 0.154. The lowest BCUT2D eigenvalue weighted by molar-refractivity contribution is 0.129. The number of hydrogen-bond acceptors (Lipinski definition) is 4. The molecule has 1 fully saturated rings. The van der Waals surface area contributed by atoms with Crippen LogP contribution < -0.4 is 5.73 Å². The fourth-order valence-electron chi connectivity index (χ4n) is 1.82. The Morgan fingerprint density at radius 1 is 1.33 bits per heavy atom. The molecule has 1 aliphatic rings. The van der Waals surface area contributed by atoms with Gasteiger partial charge in [0.05, 0.1) is 6.10 Å². The van der Waals surface area contributed by atoms with Gasteiger partial charge < -0.3 is 20.9 Å². The molecule has 1 saturated carbocycles. The fraction of sp³-hybridized carbons (Fsp3) is 1.00. The smallest absolute Gasteiger partial charge is 0.427 e. The fourth-order valence-corrected chi connectivity index (χ4v) is 1.82. The first-order chi connectivity index (χ1) is 5.59. The van der Waals surface area contributed by atoms with E-state index in [1.165, 1.54) is 0 Å². The first-order valence-electron chi connectivity index (χ1n) is 4.39. The summed E-state index contributed by atoms with van der Waals surface area (Å²) in [6.07, 6.45) is 2.07. The summed E-state index contributed by atoms with van der Waals surface area (Å²) in [5.41, 5.74) is 5.64. The van der Waals surface area contributed by atoms with E-state index in [0.29, 0.717) is 19.2 Å². The normalized spacial score (nSPS) is 35.5. The zero-order valence-corrected chi connectivity index (χ0v) is 7.06. The van der Waals surface area contributed by atoms with Gasteiger partial charge >= 0.3 is 7.12 Å². The Labute approximate surface area is 72.5 Å². The molecule has 0 aromatic carbocycles. The molecule has 0 aliphatic heterocycles. The first-order valence-corrected chi connectivity index (χ1v) is 4.39. The van der Waals surface area contributed by atoms with Gasteiger partial charge in [0.2, 0.25) is 0 Å². The van der Waals surface area contributed by atoms with E-state index in [9.17, 15) is 5.11 Å². The van der Waals surface area contributed by atoms with Crippen LogP contribution in [0.5, 0.6) is 0 Å². The molecule has 4 nitrogen and oxygen atoms in total. The van der Waals surface area contributed by atoms with E-state index in [2.05, 4.69) is 0 Å². The molecule has 0 unspecified atom stereocenters. The highest BCUT2D eigenvalue weighted by Crippen LogP contribution is 2.28. The van der Waals surface area contributed by atoms with Crippen LogP contribution in [0.15, 0.2) is 0 Å². The molecule has 3 atom stereocenters. The molecule has 1 aliphatic carbocycles. The molecule has 0 amide bonds. The van der Waals surface area contributed by atoms with Crippen molar-refractivity contribution in [2.45, 2.75) is 37.7 Å². The molecular formula is C7H16BNO3. The SMILES string of the molecule is N[C@H]1C[C@H](CCB(O)O)[C@@H](O)C1. The molecule has 12 heavy (non-hydrogen) atoms. The van der Waals surface area contributed by atoms with Crippen LogP contribution in [0, 0.1) is 5.92 Å². The van der Waals surface area contributed by atoms with Crippen LogP contribution in [-0.2, 0) is 0 Å². The largest absolute Gasteiger partial charge is 0.451 e. The van der Waals surface area contributed by atoms with Crippen LogP contribution in [0.1, 0.15) is 19.3 Å². The maximum Gasteiger partial charge on any atom is 0.451 e. The van der Waals surface area contributed by atoms with Gasteiger partial charge in [0, 0.05) is 6.04 Å². The lowest BCUT2D eigenvalue weighted by Gasteiger charge is -2.12.